The highest BCUT2D eigenvalue weighted by atomic mass is 16.5. The summed E-state index contributed by atoms with van der Waals surface area (Å²) in [7, 11) is 0. The van der Waals surface area contributed by atoms with E-state index < -0.39 is 11.5 Å². The lowest BCUT2D eigenvalue weighted by Gasteiger charge is -2.44. The fraction of sp³-hybridized carbons (Fsp3) is 0.500. The number of carbonyl (C=O) groups excluding carboxylic acids is 3. The van der Waals surface area contributed by atoms with Gasteiger partial charge in [-0.2, -0.15) is 5.10 Å². The second-order valence-electron chi connectivity index (χ2n) is 8.75. The number of benzene rings is 1. The average Bonchev–Trinajstić information content (AvgIpc) is 3.22. The number of esters is 1. The topological polar surface area (TPSA) is 93.5 Å². The molecule has 2 amide bonds. The Labute approximate surface area is 187 Å². The first-order chi connectivity index (χ1) is 15.4. The van der Waals surface area contributed by atoms with Crippen LogP contribution in [-0.2, 0) is 22.6 Å². The Morgan fingerprint density at radius 2 is 1.91 bits per heavy atom. The number of amides is 2. The summed E-state index contributed by atoms with van der Waals surface area (Å²) in [6, 6.07) is 11.2. The minimum Gasteiger partial charge on any atom is -0.461 e. The van der Waals surface area contributed by atoms with Crippen LogP contribution in [0, 0.1) is 0 Å². The minimum atomic E-state index is -1.14. The largest absolute Gasteiger partial charge is 0.461 e. The van der Waals surface area contributed by atoms with Crippen LogP contribution in [0.5, 0.6) is 0 Å². The van der Waals surface area contributed by atoms with Crippen LogP contribution < -0.4 is 5.32 Å². The molecule has 0 bridgehead atoms. The average molecular weight is 439 g/mol. The molecule has 2 heterocycles. The standard InChI is InChI=1S/C24H30N4O4/c1-3-32-22(30)19-14-20-21(29)27(15-17-10-6-4-7-11-17)24(2,16-28(20)26-19)23(31)25-18-12-8-5-9-13-18/h4,6-7,10-11,14,18H,3,5,8-9,12-13,15-16H2,1-2H3,(H,25,31)/t24-/m0/s1. The molecule has 0 saturated heterocycles. The third-order valence-corrected chi connectivity index (χ3v) is 6.40. The summed E-state index contributed by atoms with van der Waals surface area (Å²) >= 11 is 0. The van der Waals surface area contributed by atoms with Crippen LogP contribution in [-0.4, -0.2) is 50.7 Å². The lowest BCUT2D eigenvalue weighted by Crippen LogP contribution is -2.64. The predicted molar refractivity (Wildman–Crippen MR) is 118 cm³/mol. The number of aromatic nitrogens is 2. The minimum absolute atomic E-state index is 0.0757. The third kappa shape index (κ3) is 4.26. The summed E-state index contributed by atoms with van der Waals surface area (Å²) < 4.78 is 6.51. The molecule has 0 spiro atoms. The number of fused-ring (bicyclic) bond motifs is 1. The van der Waals surface area contributed by atoms with E-state index in [2.05, 4.69) is 10.4 Å². The second-order valence-corrected chi connectivity index (χ2v) is 8.75. The summed E-state index contributed by atoms with van der Waals surface area (Å²) in [6.45, 7) is 4.16. The van der Waals surface area contributed by atoms with Crippen LogP contribution >= 0.6 is 0 Å². The molecule has 32 heavy (non-hydrogen) atoms. The van der Waals surface area contributed by atoms with E-state index in [9.17, 15) is 14.4 Å². The molecule has 8 heteroatoms. The van der Waals surface area contributed by atoms with Gasteiger partial charge in [-0.3, -0.25) is 14.3 Å². The molecular formula is C24H30N4O4. The normalized spacial score (nSPS) is 21.2. The van der Waals surface area contributed by atoms with Crippen LogP contribution in [0.15, 0.2) is 36.4 Å². The maximum absolute atomic E-state index is 13.6. The van der Waals surface area contributed by atoms with Gasteiger partial charge in [0.15, 0.2) is 5.69 Å². The molecule has 170 valence electrons. The van der Waals surface area contributed by atoms with Crippen molar-refractivity contribution in [3.8, 4) is 0 Å². The van der Waals surface area contributed by atoms with Crippen LogP contribution in [0.3, 0.4) is 0 Å². The predicted octanol–water partition coefficient (Wildman–Crippen LogP) is 2.92. The van der Waals surface area contributed by atoms with Crippen molar-refractivity contribution in [1.82, 2.24) is 20.0 Å². The maximum atomic E-state index is 13.6. The van der Waals surface area contributed by atoms with Gasteiger partial charge in [0, 0.05) is 18.7 Å². The number of hydrogen-bond acceptors (Lipinski definition) is 5. The van der Waals surface area contributed by atoms with E-state index in [1.54, 1.807) is 18.7 Å². The molecule has 1 aromatic carbocycles. The number of ether oxygens (including phenoxy) is 1. The number of hydrogen-bond donors (Lipinski definition) is 1. The fourth-order valence-electron chi connectivity index (χ4n) is 4.55. The molecule has 1 aliphatic carbocycles. The number of nitrogens with zero attached hydrogens (tertiary/aromatic N) is 3. The number of nitrogens with one attached hydrogen (secondary N) is 1. The summed E-state index contributed by atoms with van der Waals surface area (Å²) in [6.07, 6.45) is 5.29. The van der Waals surface area contributed by atoms with Gasteiger partial charge in [-0.15, -0.1) is 0 Å². The zero-order valence-corrected chi connectivity index (χ0v) is 18.7. The van der Waals surface area contributed by atoms with Gasteiger partial charge < -0.3 is 15.0 Å². The molecular weight excluding hydrogens is 408 g/mol. The van der Waals surface area contributed by atoms with E-state index in [1.165, 1.54) is 17.2 Å². The molecule has 0 unspecified atom stereocenters. The third-order valence-electron chi connectivity index (χ3n) is 6.40. The van der Waals surface area contributed by atoms with E-state index in [1.807, 2.05) is 30.3 Å². The van der Waals surface area contributed by atoms with Crippen molar-refractivity contribution in [3.05, 3.63) is 53.3 Å². The molecule has 1 atom stereocenters. The lowest BCUT2D eigenvalue weighted by atomic mass is 9.91. The zero-order chi connectivity index (χ0) is 22.7. The van der Waals surface area contributed by atoms with Crippen molar-refractivity contribution in [2.45, 2.75) is 70.6 Å². The van der Waals surface area contributed by atoms with E-state index >= 15 is 0 Å². The van der Waals surface area contributed by atoms with Gasteiger partial charge in [-0.1, -0.05) is 49.6 Å². The quantitative estimate of drug-likeness (QED) is 0.700. The van der Waals surface area contributed by atoms with Gasteiger partial charge in [0.2, 0.25) is 5.91 Å². The Bertz CT molecular complexity index is 997. The van der Waals surface area contributed by atoms with Gasteiger partial charge in [-0.25, -0.2) is 4.79 Å². The van der Waals surface area contributed by atoms with Gasteiger partial charge in [-0.05, 0) is 32.3 Å². The first kappa shape index (κ1) is 22.0. The first-order valence-electron chi connectivity index (χ1n) is 11.3. The number of rotatable bonds is 6. The molecule has 1 aromatic heterocycles. The highest BCUT2D eigenvalue weighted by molar-refractivity contribution is 6.01. The van der Waals surface area contributed by atoms with Crippen molar-refractivity contribution in [3.63, 3.8) is 0 Å². The van der Waals surface area contributed by atoms with Gasteiger partial charge in [0.25, 0.3) is 5.91 Å². The molecule has 4 rings (SSSR count). The Kier molecular flexibility index (Phi) is 6.30. The Morgan fingerprint density at radius 1 is 1.19 bits per heavy atom. The molecule has 2 aliphatic rings. The highest BCUT2D eigenvalue weighted by Crippen LogP contribution is 2.30. The maximum Gasteiger partial charge on any atom is 0.358 e. The SMILES string of the molecule is CCOC(=O)c1cc2n(n1)C[C@@](C)(C(=O)NC1CCCCC1)N(Cc1ccccc1)C2=O. The second kappa shape index (κ2) is 9.14. The summed E-state index contributed by atoms with van der Waals surface area (Å²) in [5.74, 6) is -1.10. The Balaban J connectivity index is 1.67. The first-order valence-corrected chi connectivity index (χ1v) is 11.3. The Hall–Kier alpha value is -3.16. The molecule has 1 aliphatic heterocycles. The van der Waals surface area contributed by atoms with Crippen LogP contribution in [0.25, 0.3) is 0 Å². The fourth-order valence-corrected chi connectivity index (χ4v) is 4.55. The molecule has 1 N–H and O–H groups in total. The van der Waals surface area contributed by atoms with Crippen LogP contribution in [0.4, 0.5) is 0 Å². The van der Waals surface area contributed by atoms with E-state index in [4.69, 9.17) is 4.74 Å². The van der Waals surface area contributed by atoms with Crippen molar-refractivity contribution >= 4 is 17.8 Å². The number of carbonyl (C=O) groups is 3. The highest BCUT2D eigenvalue weighted by Gasteiger charge is 2.48. The smallest absolute Gasteiger partial charge is 0.358 e. The van der Waals surface area contributed by atoms with Gasteiger partial charge >= 0.3 is 5.97 Å². The van der Waals surface area contributed by atoms with Crippen molar-refractivity contribution < 1.29 is 19.1 Å². The monoisotopic (exact) mass is 438 g/mol. The molecule has 1 fully saturated rings. The van der Waals surface area contributed by atoms with Crippen LogP contribution in [0.2, 0.25) is 0 Å². The van der Waals surface area contributed by atoms with Crippen LogP contribution in [0.1, 0.15) is 72.5 Å². The van der Waals surface area contributed by atoms with Gasteiger partial charge in [0.05, 0.1) is 13.2 Å². The lowest BCUT2D eigenvalue weighted by molar-refractivity contribution is -0.134. The van der Waals surface area contributed by atoms with Crippen molar-refractivity contribution in [2.75, 3.05) is 6.61 Å². The zero-order valence-electron chi connectivity index (χ0n) is 18.7. The van der Waals surface area contributed by atoms with Crippen molar-refractivity contribution in [2.24, 2.45) is 0 Å². The Morgan fingerprint density at radius 3 is 2.59 bits per heavy atom. The molecule has 8 nitrogen and oxygen atoms in total. The summed E-state index contributed by atoms with van der Waals surface area (Å²) in [5.41, 5.74) is 0.143. The molecule has 2 aromatic rings. The van der Waals surface area contributed by atoms with Crippen molar-refractivity contribution in [1.29, 1.82) is 0 Å². The molecule has 0 radical (unpaired) electrons. The van der Waals surface area contributed by atoms with E-state index in [-0.39, 0.29) is 48.9 Å². The molecule has 1 saturated carbocycles. The summed E-state index contributed by atoms with van der Waals surface area (Å²) in [5, 5.41) is 7.48. The van der Waals surface area contributed by atoms with Gasteiger partial charge in [0.1, 0.15) is 11.2 Å². The van der Waals surface area contributed by atoms with E-state index in [0.717, 1.165) is 31.2 Å². The summed E-state index contributed by atoms with van der Waals surface area (Å²) in [4.78, 5) is 40.9. The van der Waals surface area contributed by atoms with E-state index in [0.29, 0.717) is 0 Å².